The summed E-state index contributed by atoms with van der Waals surface area (Å²) in [5, 5.41) is 8.72. The summed E-state index contributed by atoms with van der Waals surface area (Å²) in [6.45, 7) is 8.51. The number of ether oxygens (including phenoxy) is 1. The number of nitriles is 1. The first kappa shape index (κ1) is 9.50. The van der Waals surface area contributed by atoms with Gasteiger partial charge in [-0.2, -0.15) is 5.26 Å². The lowest BCUT2D eigenvalue weighted by molar-refractivity contribution is -0.0904. The van der Waals surface area contributed by atoms with E-state index in [2.05, 4.69) is 24.8 Å². The summed E-state index contributed by atoms with van der Waals surface area (Å²) in [6.07, 6.45) is 0. The molecule has 0 spiro atoms. The maximum atomic E-state index is 8.72. The van der Waals surface area contributed by atoms with Crippen molar-refractivity contribution in [2.75, 3.05) is 19.7 Å². The molecule has 0 aromatic rings. The van der Waals surface area contributed by atoms with Crippen LogP contribution in [0.25, 0.3) is 0 Å². The second-order valence-electron chi connectivity index (χ2n) is 3.88. The van der Waals surface area contributed by atoms with E-state index in [0.717, 1.165) is 19.7 Å². The van der Waals surface area contributed by atoms with Crippen LogP contribution in [-0.4, -0.2) is 36.2 Å². The van der Waals surface area contributed by atoms with Gasteiger partial charge in [0.25, 0.3) is 0 Å². The first-order valence-corrected chi connectivity index (χ1v) is 4.33. The third kappa shape index (κ3) is 2.20. The molecule has 1 atom stereocenters. The van der Waals surface area contributed by atoms with Crippen molar-refractivity contribution in [3.63, 3.8) is 0 Å². The molecule has 0 bridgehead atoms. The molecule has 1 unspecified atom stereocenters. The molecule has 0 N–H and O–H groups in total. The van der Waals surface area contributed by atoms with Crippen LogP contribution >= 0.6 is 0 Å². The molecule has 68 valence electrons. The predicted molar refractivity (Wildman–Crippen MR) is 46.7 cm³/mol. The highest BCUT2D eigenvalue weighted by atomic mass is 16.5. The number of hydrogen-bond acceptors (Lipinski definition) is 3. The molecule has 1 fully saturated rings. The molecular weight excluding hydrogens is 152 g/mol. The molecule has 0 saturated carbocycles. The zero-order chi connectivity index (χ0) is 9.19. The van der Waals surface area contributed by atoms with Gasteiger partial charge in [0.1, 0.15) is 0 Å². The Morgan fingerprint density at radius 1 is 1.58 bits per heavy atom. The van der Waals surface area contributed by atoms with Gasteiger partial charge in [-0.25, -0.2) is 0 Å². The fourth-order valence-corrected chi connectivity index (χ4v) is 1.47. The van der Waals surface area contributed by atoms with E-state index in [0.29, 0.717) is 0 Å². The van der Waals surface area contributed by atoms with E-state index in [-0.39, 0.29) is 11.6 Å². The third-order valence-electron chi connectivity index (χ3n) is 2.19. The van der Waals surface area contributed by atoms with E-state index >= 15 is 0 Å². The molecule has 1 saturated heterocycles. The fraction of sp³-hybridized carbons (Fsp3) is 0.889. The largest absolute Gasteiger partial charge is 0.373 e. The quantitative estimate of drug-likeness (QED) is 0.586. The molecular formula is C9H16N2O. The second-order valence-corrected chi connectivity index (χ2v) is 3.88. The third-order valence-corrected chi connectivity index (χ3v) is 2.19. The minimum absolute atomic E-state index is 0.00757. The van der Waals surface area contributed by atoms with Crippen molar-refractivity contribution < 1.29 is 4.74 Å². The van der Waals surface area contributed by atoms with Crippen LogP contribution in [0.1, 0.15) is 20.8 Å². The van der Waals surface area contributed by atoms with Crippen LogP contribution in [0.5, 0.6) is 0 Å². The molecule has 1 aliphatic rings. The van der Waals surface area contributed by atoms with Gasteiger partial charge in [-0.3, -0.25) is 4.90 Å². The highest BCUT2D eigenvalue weighted by molar-refractivity contribution is 4.92. The van der Waals surface area contributed by atoms with Gasteiger partial charge in [-0.15, -0.1) is 0 Å². The Hall–Kier alpha value is -0.590. The molecule has 0 radical (unpaired) electrons. The van der Waals surface area contributed by atoms with Crippen LogP contribution in [0.15, 0.2) is 0 Å². The average Bonchev–Trinajstić information content (AvgIpc) is 2.01. The molecule has 1 rings (SSSR count). The van der Waals surface area contributed by atoms with Crippen molar-refractivity contribution in [2.24, 2.45) is 0 Å². The van der Waals surface area contributed by atoms with Gasteiger partial charge in [0.2, 0.25) is 0 Å². The molecule has 0 aromatic heterocycles. The topological polar surface area (TPSA) is 36.3 Å². The predicted octanol–water partition coefficient (Wildman–Crippen LogP) is 1.01. The van der Waals surface area contributed by atoms with Crippen LogP contribution in [-0.2, 0) is 4.74 Å². The van der Waals surface area contributed by atoms with Crippen molar-refractivity contribution >= 4 is 0 Å². The Labute approximate surface area is 73.9 Å². The molecule has 0 aromatic carbocycles. The molecule has 0 aliphatic carbocycles. The molecule has 1 heterocycles. The van der Waals surface area contributed by atoms with Crippen molar-refractivity contribution in [3.05, 3.63) is 0 Å². The first-order valence-electron chi connectivity index (χ1n) is 4.33. The van der Waals surface area contributed by atoms with Crippen molar-refractivity contribution in [3.8, 4) is 6.07 Å². The van der Waals surface area contributed by atoms with Gasteiger partial charge in [0.15, 0.2) is 0 Å². The minimum Gasteiger partial charge on any atom is -0.373 e. The molecule has 0 amide bonds. The summed E-state index contributed by atoms with van der Waals surface area (Å²) < 4.78 is 5.54. The number of morpholine rings is 1. The summed E-state index contributed by atoms with van der Waals surface area (Å²) >= 11 is 0. The molecule has 1 aliphatic heterocycles. The minimum atomic E-state index is -0.0939. The highest BCUT2D eigenvalue weighted by Crippen LogP contribution is 2.17. The maximum absolute atomic E-state index is 8.72. The summed E-state index contributed by atoms with van der Waals surface area (Å²) in [5.74, 6) is 0. The lowest BCUT2D eigenvalue weighted by Crippen LogP contribution is -2.51. The van der Waals surface area contributed by atoms with E-state index in [1.165, 1.54) is 0 Å². The molecule has 3 heteroatoms. The van der Waals surface area contributed by atoms with Crippen molar-refractivity contribution in [1.82, 2.24) is 4.90 Å². The van der Waals surface area contributed by atoms with Crippen LogP contribution in [0.3, 0.4) is 0 Å². The summed E-state index contributed by atoms with van der Waals surface area (Å²) in [6, 6.07) is 2.25. The Kier molecular flexibility index (Phi) is 2.71. The fourth-order valence-electron chi connectivity index (χ4n) is 1.47. The van der Waals surface area contributed by atoms with Crippen molar-refractivity contribution in [2.45, 2.75) is 32.4 Å². The second kappa shape index (κ2) is 3.42. The Morgan fingerprint density at radius 3 is 2.75 bits per heavy atom. The first-order chi connectivity index (χ1) is 5.55. The molecule has 12 heavy (non-hydrogen) atoms. The SMILES string of the molecule is CC(C#N)N1CCOC(C)(C)C1. The average molecular weight is 168 g/mol. The van der Waals surface area contributed by atoms with Gasteiger partial charge in [0, 0.05) is 13.1 Å². The van der Waals surface area contributed by atoms with E-state index < -0.39 is 0 Å². The normalized spacial score (nSPS) is 26.2. The van der Waals surface area contributed by atoms with Gasteiger partial charge in [-0.05, 0) is 20.8 Å². The summed E-state index contributed by atoms with van der Waals surface area (Å²) in [7, 11) is 0. The maximum Gasteiger partial charge on any atom is 0.0951 e. The van der Waals surface area contributed by atoms with E-state index in [1.54, 1.807) is 0 Å². The van der Waals surface area contributed by atoms with Gasteiger partial charge < -0.3 is 4.74 Å². The number of nitrogens with zero attached hydrogens (tertiary/aromatic N) is 2. The standard InChI is InChI=1S/C9H16N2O/c1-8(6-10)11-4-5-12-9(2,3)7-11/h8H,4-5,7H2,1-3H3. The zero-order valence-electron chi connectivity index (χ0n) is 8.00. The van der Waals surface area contributed by atoms with Gasteiger partial charge in [0.05, 0.1) is 24.3 Å². The van der Waals surface area contributed by atoms with Crippen LogP contribution in [0.2, 0.25) is 0 Å². The van der Waals surface area contributed by atoms with E-state index in [1.807, 2.05) is 6.92 Å². The summed E-state index contributed by atoms with van der Waals surface area (Å²) in [4.78, 5) is 2.16. The number of hydrogen-bond donors (Lipinski definition) is 0. The van der Waals surface area contributed by atoms with E-state index in [4.69, 9.17) is 10.00 Å². The lowest BCUT2D eigenvalue weighted by Gasteiger charge is -2.39. The zero-order valence-corrected chi connectivity index (χ0v) is 8.00. The van der Waals surface area contributed by atoms with E-state index in [9.17, 15) is 0 Å². The Bertz CT molecular complexity index is 195. The van der Waals surface area contributed by atoms with Crippen LogP contribution in [0, 0.1) is 11.3 Å². The van der Waals surface area contributed by atoms with Gasteiger partial charge in [-0.1, -0.05) is 0 Å². The Morgan fingerprint density at radius 2 is 2.25 bits per heavy atom. The number of rotatable bonds is 1. The smallest absolute Gasteiger partial charge is 0.0951 e. The Balaban J connectivity index is 2.53. The van der Waals surface area contributed by atoms with Crippen molar-refractivity contribution in [1.29, 1.82) is 5.26 Å². The monoisotopic (exact) mass is 168 g/mol. The highest BCUT2D eigenvalue weighted by Gasteiger charge is 2.29. The van der Waals surface area contributed by atoms with Crippen LogP contribution in [0.4, 0.5) is 0 Å². The van der Waals surface area contributed by atoms with Gasteiger partial charge >= 0.3 is 0 Å². The summed E-state index contributed by atoms with van der Waals surface area (Å²) in [5.41, 5.74) is -0.0939. The van der Waals surface area contributed by atoms with Crippen LogP contribution < -0.4 is 0 Å². The molecule has 3 nitrogen and oxygen atoms in total. The lowest BCUT2D eigenvalue weighted by atomic mass is 10.1.